The van der Waals surface area contributed by atoms with Gasteiger partial charge in [-0.2, -0.15) is 0 Å². The largest absolute Gasteiger partial charge is 0.126 e. The molecule has 0 aromatic heterocycles. The highest BCUT2D eigenvalue weighted by molar-refractivity contribution is 6.31. The molecule has 0 spiro atoms. The summed E-state index contributed by atoms with van der Waals surface area (Å²) >= 11 is 11.8. The van der Waals surface area contributed by atoms with Crippen LogP contribution in [0, 0.1) is 5.92 Å². The van der Waals surface area contributed by atoms with Crippen molar-refractivity contribution in [3.63, 3.8) is 0 Å². The third kappa shape index (κ3) is 1.46. The molecule has 1 aliphatic carbocycles. The van der Waals surface area contributed by atoms with E-state index < -0.39 is 0 Å². The summed E-state index contributed by atoms with van der Waals surface area (Å²) < 4.78 is 0. The van der Waals surface area contributed by atoms with Crippen molar-refractivity contribution in [2.45, 2.75) is 12.3 Å². The monoisotopic (exact) mass is 200 g/mol. The molecule has 2 atom stereocenters. The minimum absolute atomic E-state index is 0.621. The lowest BCUT2D eigenvalue weighted by Crippen LogP contribution is -1.85. The van der Waals surface area contributed by atoms with Gasteiger partial charge in [-0.3, -0.25) is 0 Å². The van der Waals surface area contributed by atoms with Gasteiger partial charge >= 0.3 is 0 Å². The van der Waals surface area contributed by atoms with Crippen molar-refractivity contribution < 1.29 is 0 Å². The van der Waals surface area contributed by atoms with Crippen molar-refractivity contribution in [3.05, 3.63) is 34.9 Å². The van der Waals surface area contributed by atoms with Crippen LogP contribution in [0.5, 0.6) is 0 Å². The van der Waals surface area contributed by atoms with Gasteiger partial charge in [-0.25, -0.2) is 0 Å². The normalized spacial score (nSPS) is 27.2. The summed E-state index contributed by atoms with van der Waals surface area (Å²) in [5.41, 5.74) is 1.27. The first-order valence-electron chi connectivity index (χ1n) is 4.13. The van der Waals surface area contributed by atoms with Crippen LogP contribution >= 0.6 is 23.2 Å². The Hall–Kier alpha value is -0.200. The molecule has 1 aliphatic rings. The summed E-state index contributed by atoms with van der Waals surface area (Å²) in [7, 11) is 0. The van der Waals surface area contributed by atoms with Gasteiger partial charge in [0, 0.05) is 10.9 Å². The molecule has 1 aromatic rings. The van der Waals surface area contributed by atoms with Gasteiger partial charge in [0.2, 0.25) is 0 Å². The average molecular weight is 201 g/mol. The van der Waals surface area contributed by atoms with E-state index in [1.54, 1.807) is 0 Å². The molecule has 0 bridgehead atoms. The Bertz CT molecular complexity index is 283. The van der Waals surface area contributed by atoms with E-state index in [4.69, 9.17) is 23.2 Å². The van der Waals surface area contributed by atoms with E-state index in [-0.39, 0.29) is 0 Å². The molecular formula is C10H10Cl2. The molecule has 0 nitrogen and oxygen atoms in total. The van der Waals surface area contributed by atoms with Crippen LogP contribution in [-0.2, 0) is 0 Å². The maximum Gasteiger partial charge on any atom is 0.0440 e. The Morgan fingerprint density at radius 1 is 1.33 bits per heavy atom. The van der Waals surface area contributed by atoms with Crippen molar-refractivity contribution in [3.8, 4) is 0 Å². The van der Waals surface area contributed by atoms with Crippen molar-refractivity contribution in [2.75, 3.05) is 5.88 Å². The van der Waals surface area contributed by atoms with Crippen molar-refractivity contribution in [1.29, 1.82) is 0 Å². The van der Waals surface area contributed by atoms with Gasteiger partial charge in [-0.1, -0.05) is 29.8 Å². The molecule has 2 heteroatoms. The van der Waals surface area contributed by atoms with Crippen molar-refractivity contribution >= 4 is 23.2 Å². The van der Waals surface area contributed by atoms with Crippen LogP contribution < -0.4 is 0 Å². The van der Waals surface area contributed by atoms with Crippen LogP contribution in [0.25, 0.3) is 0 Å². The molecule has 1 fully saturated rings. The second-order valence-corrected chi connectivity index (χ2v) is 3.99. The van der Waals surface area contributed by atoms with Gasteiger partial charge in [0.15, 0.2) is 0 Å². The first-order valence-corrected chi connectivity index (χ1v) is 5.04. The van der Waals surface area contributed by atoms with Gasteiger partial charge in [-0.15, -0.1) is 11.6 Å². The third-order valence-electron chi connectivity index (χ3n) is 2.43. The Kier molecular flexibility index (Phi) is 2.29. The van der Waals surface area contributed by atoms with Gasteiger partial charge in [0.1, 0.15) is 0 Å². The molecular weight excluding hydrogens is 191 g/mol. The molecule has 1 saturated carbocycles. The minimum atomic E-state index is 0.621. The molecule has 64 valence electrons. The van der Waals surface area contributed by atoms with E-state index in [9.17, 15) is 0 Å². The minimum Gasteiger partial charge on any atom is -0.126 e. The van der Waals surface area contributed by atoms with E-state index in [0.29, 0.717) is 11.8 Å². The third-order valence-corrected chi connectivity index (χ3v) is 3.17. The van der Waals surface area contributed by atoms with Crippen LogP contribution in [0.2, 0.25) is 5.02 Å². The SMILES string of the molecule is ClCC1CC1c1ccccc1Cl. The molecule has 0 heterocycles. The van der Waals surface area contributed by atoms with E-state index in [2.05, 4.69) is 6.07 Å². The molecule has 0 aliphatic heterocycles. The average Bonchev–Trinajstić information content (AvgIpc) is 2.84. The summed E-state index contributed by atoms with van der Waals surface area (Å²) in [6, 6.07) is 8.04. The Morgan fingerprint density at radius 2 is 2.08 bits per heavy atom. The second kappa shape index (κ2) is 3.27. The van der Waals surface area contributed by atoms with Crippen molar-refractivity contribution in [1.82, 2.24) is 0 Å². The number of benzene rings is 1. The Balaban J connectivity index is 2.19. The number of hydrogen-bond acceptors (Lipinski definition) is 0. The van der Waals surface area contributed by atoms with E-state index >= 15 is 0 Å². The fraction of sp³-hybridized carbons (Fsp3) is 0.400. The van der Waals surface area contributed by atoms with Crippen LogP contribution in [0.3, 0.4) is 0 Å². The maximum atomic E-state index is 6.04. The second-order valence-electron chi connectivity index (χ2n) is 3.28. The van der Waals surface area contributed by atoms with Gasteiger partial charge in [0.05, 0.1) is 0 Å². The molecule has 12 heavy (non-hydrogen) atoms. The molecule has 0 N–H and O–H groups in total. The standard InChI is InChI=1S/C10H10Cl2/c11-6-7-5-9(7)8-3-1-2-4-10(8)12/h1-4,7,9H,5-6H2. The van der Waals surface area contributed by atoms with E-state index in [1.165, 1.54) is 12.0 Å². The zero-order valence-corrected chi connectivity index (χ0v) is 8.15. The van der Waals surface area contributed by atoms with Crippen LogP contribution in [-0.4, -0.2) is 5.88 Å². The fourth-order valence-electron chi connectivity index (χ4n) is 1.57. The summed E-state index contributed by atoms with van der Waals surface area (Å²) in [4.78, 5) is 0. The van der Waals surface area contributed by atoms with Gasteiger partial charge in [0.25, 0.3) is 0 Å². The van der Waals surface area contributed by atoms with Gasteiger partial charge in [-0.05, 0) is 29.9 Å². The van der Waals surface area contributed by atoms with Crippen LogP contribution in [0.4, 0.5) is 0 Å². The van der Waals surface area contributed by atoms with Gasteiger partial charge < -0.3 is 0 Å². The number of hydrogen-bond donors (Lipinski definition) is 0. The Morgan fingerprint density at radius 3 is 2.67 bits per heavy atom. The van der Waals surface area contributed by atoms with Crippen molar-refractivity contribution in [2.24, 2.45) is 5.92 Å². The predicted octanol–water partition coefficient (Wildman–Crippen LogP) is 3.68. The first kappa shape index (κ1) is 8.40. The van der Waals surface area contributed by atoms with Crippen LogP contribution in [0.1, 0.15) is 17.9 Å². The molecule has 2 rings (SSSR count). The summed E-state index contributed by atoms with van der Waals surface area (Å²) in [6.45, 7) is 0. The predicted molar refractivity (Wildman–Crippen MR) is 53.0 cm³/mol. The topological polar surface area (TPSA) is 0 Å². The van der Waals surface area contributed by atoms with E-state index in [0.717, 1.165) is 10.9 Å². The molecule has 0 radical (unpaired) electrons. The lowest BCUT2D eigenvalue weighted by Gasteiger charge is -2.00. The highest BCUT2D eigenvalue weighted by atomic mass is 35.5. The maximum absolute atomic E-state index is 6.04. The number of alkyl halides is 1. The quantitative estimate of drug-likeness (QED) is 0.640. The van der Waals surface area contributed by atoms with E-state index in [1.807, 2.05) is 18.2 Å². The van der Waals surface area contributed by atoms with Crippen LogP contribution in [0.15, 0.2) is 24.3 Å². The Labute approximate surface area is 82.5 Å². The summed E-state index contributed by atoms with van der Waals surface area (Å²) in [5.74, 6) is 2.04. The molecule has 0 saturated heterocycles. The highest BCUT2D eigenvalue weighted by Crippen LogP contribution is 2.49. The zero-order chi connectivity index (χ0) is 8.55. The summed E-state index contributed by atoms with van der Waals surface area (Å²) in [5, 5.41) is 0.884. The fourth-order valence-corrected chi connectivity index (χ4v) is 2.19. The highest BCUT2D eigenvalue weighted by Gasteiger charge is 2.38. The number of halogens is 2. The molecule has 1 aromatic carbocycles. The first-order chi connectivity index (χ1) is 5.83. The molecule has 0 amide bonds. The lowest BCUT2D eigenvalue weighted by molar-refractivity contribution is 0.923. The summed E-state index contributed by atoms with van der Waals surface area (Å²) in [6.07, 6.45) is 1.20. The molecule has 2 unspecified atom stereocenters. The lowest BCUT2D eigenvalue weighted by atomic mass is 10.1. The number of rotatable bonds is 2. The zero-order valence-electron chi connectivity index (χ0n) is 6.63. The smallest absolute Gasteiger partial charge is 0.0440 e.